The minimum Gasteiger partial charge on any atom is -0.495 e. The highest BCUT2D eigenvalue weighted by molar-refractivity contribution is 7.89. The van der Waals surface area contributed by atoms with Gasteiger partial charge in [-0.2, -0.15) is 0 Å². The molecule has 0 bridgehead atoms. The molecule has 1 aliphatic rings. The summed E-state index contributed by atoms with van der Waals surface area (Å²) in [6, 6.07) is 3.84. The van der Waals surface area contributed by atoms with E-state index < -0.39 is 10.0 Å². The summed E-state index contributed by atoms with van der Waals surface area (Å²) in [5, 5.41) is 10.5. The summed E-state index contributed by atoms with van der Waals surface area (Å²) in [5.41, 5.74) is 0.263. The number of ether oxygens (including phenoxy) is 1. The van der Waals surface area contributed by atoms with Crippen LogP contribution in [0.1, 0.15) is 25.7 Å². The van der Waals surface area contributed by atoms with Gasteiger partial charge < -0.3 is 15.4 Å². The van der Waals surface area contributed by atoms with Gasteiger partial charge in [-0.05, 0) is 31.0 Å². The van der Waals surface area contributed by atoms with Gasteiger partial charge in [0.15, 0.2) is 0 Å². The number of urea groups is 1. The van der Waals surface area contributed by atoms with Gasteiger partial charge >= 0.3 is 6.03 Å². The van der Waals surface area contributed by atoms with Crippen molar-refractivity contribution in [2.24, 2.45) is 5.14 Å². The molecular formula is C13H19N3O4S. The number of hydrogen-bond donors (Lipinski definition) is 3. The Hall–Kier alpha value is -1.80. The summed E-state index contributed by atoms with van der Waals surface area (Å²) in [4.78, 5) is 11.9. The number of carbonyl (C=O) groups excluding carboxylic acids is 1. The van der Waals surface area contributed by atoms with Gasteiger partial charge in [0.25, 0.3) is 0 Å². The van der Waals surface area contributed by atoms with E-state index in [1.807, 2.05) is 0 Å². The highest BCUT2D eigenvalue weighted by Gasteiger charge is 2.18. The molecule has 1 saturated carbocycles. The Labute approximate surface area is 123 Å². The topological polar surface area (TPSA) is 111 Å². The van der Waals surface area contributed by atoms with E-state index in [-0.39, 0.29) is 22.7 Å². The van der Waals surface area contributed by atoms with E-state index in [0.717, 1.165) is 25.7 Å². The Balaban J connectivity index is 2.15. The number of amides is 2. The largest absolute Gasteiger partial charge is 0.495 e. The van der Waals surface area contributed by atoms with Crippen LogP contribution in [0.15, 0.2) is 23.1 Å². The van der Waals surface area contributed by atoms with Crippen molar-refractivity contribution in [2.75, 3.05) is 12.4 Å². The Bertz CT molecular complexity index is 624. The maximum absolute atomic E-state index is 11.9. The van der Waals surface area contributed by atoms with E-state index in [1.54, 1.807) is 0 Å². The fourth-order valence-corrected chi connectivity index (χ4v) is 2.92. The Morgan fingerprint density at radius 2 is 2.00 bits per heavy atom. The van der Waals surface area contributed by atoms with Crippen molar-refractivity contribution < 1.29 is 17.9 Å². The lowest BCUT2D eigenvalue weighted by molar-refractivity contribution is 0.248. The van der Waals surface area contributed by atoms with Crippen LogP contribution in [0.25, 0.3) is 0 Å². The summed E-state index contributed by atoms with van der Waals surface area (Å²) >= 11 is 0. The number of nitrogens with one attached hydrogen (secondary N) is 2. The molecule has 0 atom stereocenters. The molecule has 21 heavy (non-hydrogen) atoms. The van der Waals surface area contributed by atoms with Crippen LogP contribution in [-0.4, -0.2) is 27.6 Å². The molecule has 0 aromatic heterocycles. The zero-order chi connectivity index (χ0) is 15.5. The first-order chi connectivity index (χ1) is 9.90. The summed E-state index contributed by atoms with van der Waals surface area (Å²) < 4.78 is 27.8. The average Bonchev–Trinajstić information content (AvgIpc) is 2.90. The minimum atomic E-state index is -3.84. The molecule has 1 aromatic carbocycles. The number of methoxy groups -OCH3 is 1. The normalized spacial score (nSPS) is 15.7. The lowest BCUT2D eigenvalue weighted by Crippen LogP contribution is -2.36. The highest BCUT2D eigenvalue weighted by Crippen LogP contribution is 2.27. The fourth-order valence-electron chi connectivity index (χ4n) is 2.38. The fraction of sp³-hybridized carbons (Fsp3) is 0.462. The Morgan fingerprint density at radius 1 is 1.33 bits per heavy atom. The number of primary sulfonamides is 1. The molecular weight excluding hydrogens is 294 g/mol. The molecule has 2 rings (SSSR count). The standard InChI is InChI=1S/C13H19N3O4S/c1-20-12-7-6-10(21(14,18)19)8-11(12)16-13(17)15-9-4-2-3-5-9/h6-9H,2-5H2,1H3,(H2,14,18,19)(H2,15,16,17). The molecule has 4 N–H and O–H groups in total. The lowest BCUT2D eigenvalue weighted by Gasteiger charge is -2.15. The van der Waals surface area contributed by atoms with Gasteiger partial charge in [-0.3, -0.25) is 0 Å². The van der Waals surface area contributed by atoms with Crippen LogP contribution in [-0.2, 0) is 10.0 Å². The molecule has 8 heteroatoms. The van der Waals surface area contributed by atoms with Crippen molar-refractivity contribution >= 4 is 21.7 Å². The SMILES string of the molecule is COc1ccc(S(N)(=O)=O)cc1NC(=O)NC1CCCC1. The van der Waals surface area contributed by atoms with Gasteiger partial charge in [-0.25, -0.2) is 18.4 Å². The molecule has 0 aliphatic heterocycles. The molecule has 0 unspecified atom stereocenters. The van der Waals surface area contributed by atoms with Crippen LogP contribution in [0, 0.1) is 0 Å². The first-order valence-electron chi connectivity index (χ1n) is 6.68. The van der Waals surface area contributed by atoms with Crippen LogP contribution in [0.4, 0.5) is 10.5 Å². The number of anilines is 1. The molecule has 0 saturated heterocycles. The Morgan fingerprint density at radius 3 is 2.57 bits per heavy atom. The van der Waals surface area contributed by atoms with E-state index in [0.29, 0.717) is 5.75 Å². The Kier molecular flexibility index (Phi) is 4.69. The smallest absolute Gasteiger partial charge is 0.319 e. The van der Waals surface area contributed by atoms with Crippen molar-refractivity contribution in [1.29, 1.82) is 0 Å². The van der Waals surface area contributed by atoms with Crippen molar-refractivity contribution in [3.8, 4) is 5.75 Å². The second-order valence-corrected chi connectivity index (χ2v) is 6.55. The van der Waals surface area contributed by atoms with Crippen LogP contribution < -0.4 is 20.5 Å². The first kappa shape index (κ1) is 15.6. The van der Waals surface area contributed by atoms with Crippen molar-refractivity contribution in [3.63, 3.8) is 0 Å². The molecule has 1 fully saturated rings. The minimum absolute atomic E-state index is 0.0838. The molecule has 7 nitrogen and oxygen atoms in total. The summed E-state index contributed by atoms with van der Waals surface area (Å²) in [6.45, 7) is 0. The summed E-state index contributed by atoms with van der Waals surface area (Å²) in [6.07, 6.45) is 4.13. The van der Waals surface area contributed by atoms with E-state index in [2.05, 4.69) is 10.6 Å². The molecule has 0 heterocycles. The van der Waals surface area contributed by atoms with Crippen molar-refractivity contribution in [1.82, 2.24) is 5.32 Å². The van der Waals surface area contributed by atoms with Crippen LogP contribution in [0.3, 0.4) is 0 Å². The number of carbonyl (C=O) groups is 1. The zero-order valence-electron chi connectivity index (χ0n) is 11.8. The van der Waals surface area contributed by atoms with Gasteiger partial charge in [0, 0.05) is 6.04 Å². The zero-order valence-corrected chi connectivity index (χ0v) is 12.6. The molecule has 1 aromatic rings. The molecule has 0 radical (unpaired) electrons. The molecule has 0 spiro atoms. The number of hydrogen-bond acceptors (Lipinski definition) is 4. The van der Waals surface area contributed by atoms with E-state index in [1.165, 1.54) is 25.3 Å². The number of nitrogens with two attached hydrogens (primary N) is 1. The third-order valence-electron chi connectivity index (χ3n) is 3.44. The van der Waals surface area contributed by atoms with Gasteiger partial charge in [0.05, 0.1) is 17.7 Å². The third-order valence-corrected chi connectivity index (χ3v) is 4.35. The van der Waals surface area contributed by atoms with Crippen molar-refractivity contribution in [2.45, 2.75) is 36.6 Å². The maximum atomic E-state index is 11.9. The van der Waals surface area contributed by atoms with Gasteiger partial charge in [-0.1, -0.05) is 12.8 Å². The van der Waals surface area contributed by atoms with E-state index >= 15 is 0 Å². The summed E-state index contributed by atoms with van der Waals surface area (Å²) in [7, 11) is -2.40. The number of sulfonamides is 1. The first-order valence-corrected chi connectivity index (χ1v) is 8.23. The third kappa shape index (κ3) is 4.08. The molecule has 116 valence electrons. The quantitative estimate of drug-likeness (QED) is 0.780. The predicted octanol–water partition coefficient (Wildman–Crippen LogP) is 1.41. The van der Waals surface area contributed by atoms with Gasteiger partial charge in [-0.15, -0.1) is 0 Å². The van der Waals surface area contributed by atoms with E-state index in [9.17, 15) is 13.2 Å². The van der Waals surface area contributed by atoms with Crippen LogP contribution in [0.2, 0.25) is 0 Å². The van der Waals surface area contributed by atoms with E-state index in [4.69, 9.17) is 9.88 Å². The molecule has 1 aliphatic carbocycles. The van der Waals surface area contributed by atoms with Crippen LogP contribution >= 0.6 is 0 Å². The lowest BCUT2D eigenvalue weighted by atomic mass is 10.2. The van der Waals surface area contributed by atoms with Gasteiger partial charge in [0.1, 0.15) is 5.75 Å². The summed E-state index contributed by atoms with van der Waals surface area (Å²) in [5.74, 6) is 0.365. The molecule has 2 amide bonds. The monoisotopic (exact) mass is 313 g/mol. The second kappa shape index (κ2) is 6.31. The second-order valence-electron chi connectivity index (χ2n) is 4.99. The maximum Gasteiger partial charge on any atom is 0.319 e. The van der Waals surface area contributed by atoms with Gasteiger partial charge in [0.2, 0.25) is 10.0 Å². The van der Waals surface area contributed by atoms with Crippen molar-refractivity contribution in [3.05, 3.63) is 18.2 Å². The number of rotatable bonds is 4. The van der Waals surface area contributed by atoms with Crippen LogP contribution in [0.5, 0.6) is 5.75 Å². The number of benzene rings is 1. The average molecular weight is 313 g/mol. The highest BCUT2D eigenvalue weighted by atomic mass is 32.2. The predicted molar refractivity (Wildman–Crippen MR) is 78.8 cm³/mol.